The summed E-state index contributed by atoms with van der Waals surface area (Å²) in [5, 5.41) is 1.04. The molecular weight excluding hydrogens is 331 g/mol. The second kappa shape index (κ2) is 5.87. The predicted molar refractivity (Wildman–Crippen MR) is 87.9 cm³/mol. The molecule has 0 bridgehead atoms. The first-order chi connectivity index (χ1) is 12.0. The molecule has 3 aromatic heterocycles. The Kier molecular flexibility index (Phi) is 3.67. The van der Waals surface area contributed by atoms with Crippen molar-refractivity contribution in [2.24, 2.45) is 0 Å². The fraction of sp³-hybridized carbons (Fsp3) is 0.235. The average Bonchev–Trinajstić information content (AvgIpc) is 3.05. The van der Waals surface area contributed by atoms with Crippen molar-refractivity contribution >= 4 is 22.6 Å². The summed E-state index contributed by atoms with van der Waals surface area (Å²) in [5.74, 6) is 0.103. The van der Waals surface area contributed by atoms with Gasteiger partial charge < -0.3 is 9.88 Å². The SMILES string of the molecule is FC(F)(F)c1ccnc(N2CC=C(c3c[nH]c4ncccc34)CC2)n1. The third-order valence-corrected chi connectivity index (χ3v) is 4.22. The molecule has 4 heterocycles. The molecule has 0 saturated heterocycles. The number of anilines is 1. The molecule has 0 aromatic carbocycles. The fourth-order valence-electron chi connectivity index (χ4n) is 2.98. The second-order valence-electron chi connectivity index (χ2n) is 5.77. The molecule has 0 fully saturated rings. The van der Waals surface area contributed by atoms with Crippen molar-refractivity contribution in [1.82, 2.24) is 19.9 Å². The van der Waals surface area contributed by atoms with Gasteiger partial charge in [-0.25, -0.2) is 15.0 Å². The number of nitrogens with zero attached hydrogens (tertiary/aromatic N) is 4. The van der Waals surface area contributed by atoms with Gasteiger partial charge in [-0.05, 0) is 30.2 Å². The summed E-state index contributed by atoms with van der Waals surface area (Å²) in [6.45, 7) is 1.02. The van der Waals surface area contributed by atoms with Crippen LogP contribution in [0, 0.1) is 0 Å². The summed E-state index contributed by atoms with van der Waals surface area (Å²) in [6.07, 6.45) is 3.02. The molecule has 1 aliphatic heterocycles. The van der Waals surface area contributed by atoms with Gasteiger partial charge in [-0.1, -0.05) is 6.08 Å². The number of aromatic amines is 1. The topological polar surface area (TPSA) is 57.7 Å². The van der Waals surface area contributed by atoms with Crippen LogP contribution in [-0.4, -0.2) is 33.0 Å². The Morgan fingerprint density at radius 2 is 2.00 bits per heavy atom. The molecule has 0 atom stereocenters. The van der Waals surface area contributed by atoms with Gasteiger partial charge in [0.25, 0.3) is 0 Å². The molecule has 0 aliphatic carbocycles. The monoisotopic (exact) mass is 345 g/mol. The van der Waals surface area contributed by atoms with Gasteiger partial charge in [-0.3, -0.25) is 0 Å². The van der Waals surface area contributed by atoms with E-state index in [4.69, 9.17) is 0 Å². The van der Waals surface area contributed by atoms with Crippen molar-refractivity contribution < 1.29 is 13.2 Å². The van der Waals surface area contributed by atoms with E-state index in [0.717, 1.165) is 34.4 Å². The molecule has 0 spiro atoms. The average molecular weight is 345 g/mol. The first kappa shape index (κ1) is 15.6. The Balaban J connectivity index is 1.58. The fourth-order valence-corrected chi connectivity index (χ4v) is 2.98. The van der Waals surface area contributed by atoms with Crippen LogP contribution in [0.15, 0.2) is 42.9 Å². The van der Waals surface area contributed by atoms with Crippen LogP contribution in [0.1, 0.15) is 17.7 Å². The van der Waals surface area contributed by atoms with Crippen molar-refractivity contribution in [1.29, 1.82) is 0 Å². The van der Waals surface area contributed by atoms with E-state index >= 15 is 0 Å². The maximum absolute atomic E-state index is 12.8. The Morgan fingerprint density at radius 3 is 2.76 bits per heavy atom. The van der Waals surface area contributed by atoms with E-state index < -0.39 is 11.9 Å². The van der Waals surface area contributed by atoms with Crippen LogP contribution < -0.4 is 4.90 Å². The Labute approximate surface area is 141 Å². The lowest BCUT2D eigenvalue weighted by atomic mass is 10.00. The highest BCUT2D eigenvalue weighted by Gasteiger charge is 2.33. The first-order valence-corrected chi connectivity index (χ1v) is 7.79. The predicted octanol–water partition coefficient (Wildman–Crippen LogP) is 3.67. The minimum absolute atomic E-state index is 0.103. The zero-order chi connectivity index (χ0) is 17.4. The summed E-state index contributed by atoms with van der Waals surface area (Å²) in [5.41, 5.74) is 2.12. The van der Waals surface area contributed by atoms with Crippen molar-refractivity contribution in [3.63, 3.8) is 0 Å². The first-order valence-electron chi connectivity index (χ1n) is 7.79. The number of hydrogen-bond acceptors (Lipinski definition) is 4. The largest absolute Gasteiger partial charge is 0.433 e. The Hall–Kier alpha value is -2.90. The van der Waals surface area contributed by atoms with Crippen molar-refractivity contribution in [2.75, 3.05) is 18.0 Å². The smallest absolute Gasteiger partial charge is 0.346 e. The Bertz CT molecular complexity index is 945. The number of hydrogen-bond donors (Lipinski definition) is 1. The van der Waals surface area contributed by atoms with Crippen LogP contribution in [-0.2, 0) is 6.18 Å². The van der Waals surface area contributed by atoms with Gasteiger partial charge in [0, 0.05) is 42.6 Å². The number of pyridine rings is 1. The quantitative estimate of drug-likeness (QED) is 0.770. The summed E-state index contributed by atoms with van der Waals surface area (Å²) in [4.78, 5) is 16.8. The molecule has 5 nitrogen and oxygen atoms in total. The lowest BCUT2D eigenvalue weighted by Crippen LogP contribution is -2.30. The number of H-pyrrole nitrogens is 1. The molecule has 1 aliphatic rings. The molecule has 1 N–H and O–H groups in total. The molecule has 0 saturated carbocycles. The van der Waals surface area contributed by atoms with Gasteiger partial charge in [0.2, 0.25) is 5.95 Å². The van der Waals surface area contributed by atoms with E-state index in [2.05, 4.69) is 19.9 Å². The normalized spacial score (nSPS) is 15.5. The zero-order valence-electron chi connectivity index (χ0n) is 13.1. The molecule has 25 heavy (non-hydrogen) atoms. The molecule has 0 radical (unpaired) electrons. The van der Waals surface area contributed by atoms with E-state index in [1.54, 1.807) is 11.1 Å². The molecule has 128 valence electrons. The highest BCUT2D eigenvalue weighted by molar-refractivity contribution is 5.90. The van der Waals surface area contributed by atoms with Gasteiger partial charge in [0.1, 0.15) is 11.3 Å². The third-order valence-electron chi connectivity index (χ3n) is 4.22. The Morgan fingerprint density at radius 1 is 1.12 bits per heavy atom. The number of nitrogens with one attached hydrogen (secondary N) is 1. The lowest BCUT2D eigenvalue weighted by Gasteiger charge is -2.26. The maximum Gasteiger partial charge on any atom is 0.433 e. The third kappa shape index (κ3) is 2.95. The second-order valence-corrected chi connectivity index (χ2v) is 5.77. The van der Waals surface area contributed by atoms with Crippen LogP contribution in [0.3, 0.4) is 0 Å². The van der Waals surface area contributed by atoms with E-state index in [9.17, 15) is 13.2 Å². The van der Waals surface area contributed by atoms with E-state index in [1.165, 1.54) is 0 Å². The molecule has 8 heteroatoms. The highest BCUT2D eigenvalue weighted by Crippen LogP contribution is 2.31. The lowest BCUT2D eigenvalue weighted by molar-refractivity contribution is -0.141. The van der Waals surface area contributed by atoms with Crippen LogP contribution in [0.25, 0.3) is 16.6 Å². The number of fused-ring (bicyclic) bond motifs is 1. The standard InChI is InChI=1S/C17H14F3N5/c18-17(19,20)14-3-7-22-16(24-14)25-8-4-11(5-9-25)13-10-23-15-12(13)2-1-6-21-15/h1-4,6-7,10H,5,8-9H2,(H,21,23). The minimum Gasteiger partial charge on any atom is -0.346 e. The van der Waals surface area contributed by atoms with Gasteiger partial charge in [0.05, 0.1) is 0 Å². The van der Waals surface area contributed by atoms with E-state index in [-0.39, 0.29) is 5.95 Å². The number of halogens is 3. The number of aromatic nitrogens is 4. The van der Waals surface area contributed by atoms with Gasteiger partial charge in [0.15, 0.2) is 0 Å². The van der Waals surface area contributed by atoms with E-state index in [0.29, 0.717) is 19.5 Å². The van der Waals surface area contributed by atoms with Crippen molar-refractivity contribution in [3.05, 3.63) is 54.1 Å². The van der Waals surface area contributed by atoms with Crippen molar-refractivity contribution in [3.8, 4) is 0 Å². The van der Waals surface area contributed by atoms with Crippen molar-refractivity contribution in [2.45, 2.75) is 12.6 Å². The van der Waals surface area contributed by atoms with E-state index in [1.807, 2.05) is 24.4 Å². The highest BCUT2D eigenvalue weighted by atomic mass is 19.4. The van der Waals surface area contributed by atoms with Gasteiger partial charge in [-0.15, -0.1) is 0 Å². The van der Waals surface area contributed by atoms with Crippen LogP contribution >= 0.6 is 0 Å². The van der Waals surface area contributed by atoms with Crippen LogP contribution in [0.2, 0.25) is 0 Å². The minimum atomic E-state index is -4.47. The maximum atomic E-state index is 12.8. The summed E-state index contributed by atoms with van der Waals surface area (Å²) < 4.78 is 38.4. The summed E-state index contributed by atoms with van der Waals surface area (Å²) in [7, 11) is 0. The zero-order valence-corrected chi connectivity index (χ0v) is 13.1. The molecular formula is C17H14F3N5. The van der Waals surface area contributed by atoms with Crippen LogP contribution in [0.5, 0.6) is 0 Å². The molecule has 0 amide bonds. The van der Waals surface area contributed by atoms with Crippen LogP contribution in [0.4, 0.5) is 19.1 Å². The number of rotatable bonds is 2. The van der Waals surface area contributed by atoms with Gasteiger partial charge in [-0.2, -0.15) is 13.2 Å². The van der Waals surface area contributed by atoms with Gasteiger partial charge >= 0.3 is 6.18 Å². The number of alkyl halides is 3. The molecule has 0 unspecified atom stereocenters. The molecule has 4 rings (SSSR count). The molecule has 3 aromatic rings. The summed E-state index contributed by atoms with van der Waals surface area (Å²) in [6, 6.07) is 4.76. The summed E-state index contributed by atoms with van der Waals surface area (Å²) >= 11 is 0.